The smallest absolute Gasteiger partial charge is 0.243 e. The van der Waals surface area contributed by atoms with Crippen molar-refractivity contribution in [2.24, 2.45) is 14.1 Å². The molecule has 0 amide bonds. The summed E-state index contributed by atoms with van der Waals surface area (Å²) in [5, 5.41) is 25.1. The highest BCUT2D eigenvalue weighted by Crippen LogP contribution is 2.37. The van der Waals surface area contributed by atoms with E-state index in [1.54, 1.807) is 35.5 Å². The van der Waals surface area contributed by atoms with Crippen molar-refractivity contribution in [3.05, 3.63) is 29.8 Å². The predicted molar refractivity (Wildman–Crippen MR) is 91.5 cm³/mol. The van der Waals surface area contributed by atoms with E-state index in [1.165, 1.54) is 6.07 Å². The van der Waals surface area contributed by atoms with Crippen LogP contribution in [0.4, 0.5) is 0 Å². The first-order valence-corrected chi connectivity index (χ1v) is 9.68. The number of aryl methyl sites for hydroxylation is 1. The van der Waals surface area contributed by atoms with Gasteiger partial charge in [-0.05, 0) is 25.0 Å². The maximum atomic E-state index is 12.8. The average Bonchev–Trinajstić information content (AvgIpc) is 3.14. The van der Waals surface area contributed by atoms with E-state index in [4.69, 9.17) is 0 Å². The molecule has 1 aliphatic rings. The second kappa shape index (κ2) is 6.11. The van der Waals surface area contributed by atoms with Crippen molar-refractivity contribution in [1.29, 1.82) is 0 Å². The van der Waals surface area contributed by atoms with Crippen LogP contribution >= 0.6 is 0 Å². The summed E-state index contributed by atoms with van der Waals surface area (Å²) >= 11 is 0. The molecule has 2 aromatic heterocycles. The highest BCUT2D eigenvalue weighted by molar-refractivity contribution is 7.89. The molecule has 26 heavy (non-hydrogen) atoms. The van der Waals surface area contributed by atoms with Gasteiger partial charge in [0.15, 0.2) is 5.82 Å². The minimum absolute atomic E-state index is 0.118. The van der Waals surface area contributed by atoms with Crippen molar-refractivity contribution in [1.82, 2.24) is 34.5 Å². The number of benzene rings is 1. The zero-order chi connectivity index (χ0) is 18.5. The van der Waals surface area contributed by atoms with Crippen LogP contribution in [0.2, 0.25) is 0 Å². The molecular formula is C15H19N7O3S. The molecule has 0 bridgehead atoms. The summed E-state index contributed by atoms with van der Waals surface area (Å²) in [7, 11) is -0.179. The molecule has 1 aromatic carbocycles. The Labute approximate surface area is 149 Å². The Kier molecular flexibility index (Phi) is 4.01. The molecule has 1 fully saturated rings. The summed E-state index contributed by atoms with van der Waals surface area (Å²) in [5.41, 5.74) is 1.02. The Hall–Kier alpha value is -2.37. The predicted octanol–water partition coefficient (Wildman–Crippen LogP) is -0.186. The lowest BCUT2D eigenvalue weighted by Crippen LogP contribution is -2.43. The summed E-state index contributed by atoms with van der Waals surface area (Å²) in [5.74, 6) is 1.38. The molecule has 1 saturated carbocycles. The van der Waals surface area contributed by atoms with Crippen LogP contribution in [0.25, 0.3) is 11.0 Å². The first-order valence-electron chi connectivity index (χ1n) is 8.20. The second-order valence-electron chi connectivity index (χ2n) is 6.52. The Balaban J connectivity index is 1.50. The van der Waals surface area contributed by atoms with Crippen LogP contribution in [0.1, 0.15) is 30.4 Å². The Morgan fingerprint density at radius 3 is 2.69 bits per heavy atom. The molecule has 0 spiro atoms. The molecule has 0 radical (unpaired) electrons. The van der Waals surface area contributed by atoms with Crippen LogP contribution in [0.15, 0.2) is 23.1 Å². The minimum Gasteiger partial charge on any atom is -0.388 e. The lowest BCUT2D eigenvalue weighted by atomic mass is 9.80. The summed E-state index contributed by atoms with van der Waals surface area (Å²) < 4.78 is 31.6. The van der Waals surface area contributed by atoms with Gasteiger partial charge in [0.1, 0.15) is 22.8 Å². The van der Waals surface area contributed by atoms with Gasteiger partial charge in [-0.15, -0.1) is 15.3 Å². The lowest BCUT2D eigenvalue weighted by molar-refractivity contribution is 0.264. The van der Waals surface area contributed by atoms with Gasteiger partial charge in [0.2, 0.25) is 10.0 Å². The second-order valence-corrected chi connectivity index (χ2v) is 8.20. The number of nitrogens with one attached hydrogen (secondary N) is 1. The van der Waals surface area contributed by atoms with Gasteiger partial charge in [0.05, 0.1) is 5.52 Å². The monoisotopic (exact) mass is 377 g/mol. The molecule has 2 heterocycles. The van der Waals surface area contributed by atoms with Crippen LogP contribution in [0.3, 0.4) is 0 Å². The van der Waals surface area contributed by atoms with Crippen LogP contribution in [-0.2, 0) is 30.7 Å². The zero-order valence-electron chi connectivity index (χ0n) is 14.4. The van der Waals surface area contributed by atoms with Crippen LogP contribution in [-0.4, -0.2) is 49.3 Å². The van der Waals surface area contributed by atoms with Gasteiger partial charge in [-0.1, -0.05) is 11.3 Å². The Morgan fingerprint density at radius 2 is 2.00 bits per heavy atom. The molecule has 11 heteroatoms. The van der Waals surface area contributed by atoms with E-state index in [-0.39, 0.29) is 23.5 Å². The third-order valence-electron chi connectivity index (χ3n) is 4.86. The number of aliphatic hydroxyl groups is 1. The molecular weight excluding hydrogens is 358 g/mol. The molecule has 4 rings (SSSR count). The molecule has 2 N–H and O–H groups in total. The highest BCUT2D eigenvalue weighted by Gasteiger charge is 2.37. The number of aliphatic hydroxyl groups excluding tert-OH is 1. The SMILES string of the molecule is Cn1c(CO)nnc1C1CC(NS(=O)(=O)c2cccc3c2nnn3C)C1. The zero-order valence-corrected chi connectivity index (χ0v) is 15.2. The van der Waals surface area contributed by atoms with Gasteiger partial charge in [0.25, 0.3) is 0 Å². The molecule has 0 saturated heterocycles. The largest absolute Gasteiger partial charge is 0.388 e. The summed E-state index contributed by atoms with van der Waals surface area (Å²) in [6.45, 7) is -0.172. The quantitative estimate of drug-likeness (QED) is 0.631. The fraction of sp³-hybridized carbons (Fsp3) is 0.467. The van der Waals surface area contributed by atoms with Crippen molar-refractivity contribution in [3.63, 3.8) is 0 Å². The maximum Gasteiger partial charge on any atom is 0.243 e. The number of nitrogens with zero attached hydrogens (tertiary/aromatic N) is 6. The number of hydrogen-bond donors (Lipinski definition) is 2. The van der Waals surface area contributed by atoms with Crippen molar-refractivity contribution >= 4 is 21.1 Å². The van der Waals surface area contributed by atoms with Gasteiger partial charge in [-0.25, -0.2) is 17.8 Å². The number of fused-ring (bicyclic) bond motifs is 1. The third kappa shape index (κ3) is 2.68. The normalized spacial score (nSPS) is 20.4. The van der Waals surface area contributed by atoms with Gasteiger partial charge in [0, 0.05) is 26.1 Å². The molecule has 138 valence electrons. The van der Waals surface area contributed by atoms with E-state index in [0.29, 0.717) is 29.7 Å². The highest BCUT2D eigenvalue weighted by atomic mass is 32.2. The van der Waals surface area contributed by atoms with E-state index in [2.05, 4.69) is 25.2 Å². The molecule has 10 nitrogen and oxygen atoms in total. The fourth-order valence-corrected chi connectivity index (χ4v) is 4.74. The van der Waals surface area contributed by atoms with Gasteiger partial charge < -0.3 is 9.67 Å². The summed E-state index contributed by atoms with van der Waals surface area (Å²) in [6, 6.07) is 4.82. The first kappa shape index (κ1) is 17.1. The van der Waals surface area contributed by atoms with E-state index in [9.17, 15) is 13.5 Å². The van der Waals surface area contributed by atoms with Crippen LogP contribution in [0.5, 0.6) is 0 Å². The summed E-state index contributed by atoms with van der Waals surface area (Å²) in [6.07, 6.45) is 1.26. The Morgan fingerprint density at radius 1 is 1.23 bits per heavy atom. The number of sulfonamides is 1. The molecule has 0 atom stereocenters. The standard InChI is InChI=1S/C15H19N7O3S/c1-21-13(8-23)16-18-15(21)9-6-10(7-9)19-26(24,25)12-5-3-4-11-14(12)17-20-22(11)2/h3-5,9-10,19,23H,6-8H2,1-2H3. The van der Waals surface area contributed by atoms with Crippen molar-refractivity contribution < 1.29 is 13.5 Å². The minimum atomic E-state index is -3.70. The molecule has 0 unspecified atom stereocenters. The topological polar surface area (TPSA) is 128 Å². The molecule has 0 aliphatic heterocycles. The van der Waals surface area contributed by atoms with E-state index in [0.717, 1.165) is 5.82 Å². The summed E-state index contributed by atoms with van der Waals surface area (Å²) in [4.78, 5) is 0.132. The number of hydrogen-bond acceptors (Lipinski definition) is 7. The first-order chi connectivity index (χ1) is 12.4. The molecule has 3 aromatic rings. The maximum absolute atomic E-state index is 12.8. The van der Waals surface area contributed by atoms with Crippen LogP contribution in [0, 0.1) is 0 Å². The van der Waals surface area contributed by atoms with Crippen molar-refractivity contribution in [2.45, 2.75) is 36.3 Å². The lowest BCUT2D eigenvalue weighted by Gasteiger charge is -2.34. The van der Waals surface area contributed by atoms with Gasteiger partial charge in [-0.3, -0.25) is 0 Å². The van der Waals surface area contributed by atoms with Crippen molar-refractivity contribution in [2.75, 3.05) is 0 Å². The Bertz CT molecular complexity index is 1070. The number of aromatic nitrogens is 6. The average molecular weight is 377 g/mol. The van der Waals surface area contributed by atoms with Crippen molar-refractivity contribution in [3.8, 4) is 0 Å². The van der Waals surface area contributed by atoms with E-state index >= 15 is 0 Å². The van der Waals surface area contributed by atoms with Crippen LogP contribution < -0.4 is 4.72 Å². The van der Waals surface area contributed by atoms with E-state index in [1.807, 2.05) is 0 Å². The van der Waals surface area contributed by atoms with E-state index < -0.39 is 10.0 Å². The van der Waals surface area contributed by atoms with Gasteiger partial charge >= 0.3 is 0 Å². The third-order valence-corrected chi connectivity index (χ3v) is 6.41. The molecule has 1 aliphatic carbocycles. The van der Waals surface area contributed by atoms with Gasteiger partial charge in [-0.2, -0.15) is 0 Å². The number of rotatable bonds is 5. The fourth-order valence-electron chi connectivity index (χ4n) is 3.33.